The monoisotopic (exact) mass is 354 g/mol. The molecule has 8 heteroatoms. The predicted octanol–water partition coefficient (Wildman–Crippen LogP) is 3.23. The molecule has 1 unspecified atom stereocenters. The molecule has 1 aliphatic rings. The fourth-order valence-electron chi connectivity index (χ4n) is 2.89. The number of benzene rings is 2. The molecule has 2 N–H and O–H groups in total. The zero-order chi connectivity index (χ0) is 18.5. The minimum absolute atomic E-state index is 0.0516. The van der Waals surface area contributed by atoms with Crippen molar-refractivity contribution in [2.24, 2.45) is 0 Å². The van der Waals surface area contributed by atoms with Crippen LogP contribution in [0.15, 0.2) is 54.6 Å². The van der Waals surface area contributed by atoms with Crippen molar-refractivity contribution in [2.75, 3.05) is 17.2 Å². The number of non-ortho nitro benzene ring substituents is 1. The highest BCUT2D eigenvalue weighted by atomic mass is 16.6. The first-order valence-corrected chi connectivity index (χ1v) is 8.22. The summed E-state index contributed by atoms with van der Waals surface area (Å²) in [5.41, 5.74) is 1.07. The van der Waals surface area contributed by atoms with E-state index in [2.05, 4.69) is 10.6 Å². The molecule has 1 fully saturated rings. The van der Waals surface area contributed by atoms with Gasteiger partial charge in [0.2, 0.25) is 5.91 Å². The summed E-state index contributed by atoms with van der Waals surface area (Å²) in [5, 5.41) is 16.2. The van der Waals surface area contributed by atoms with Gasteiger partial charge in [0.05, 0.1) is 4.92 Å². The Hall–Kier alpha value is -3.42. The Kier molecular flexibility index (Phi) is 5.12. The molecular formula is C18H18N4O4. The van der Waals surface area contributed by atoms with Crippen molar-refractivity contribution in [3.63, 3.8) is 0 Å². The molecule has 2 aromatic carbocycles. The third-order valence-corrected chi connectivity index (χ3v) is 4.19. The quantitative estimate of drug-likeness (QED) is 0.649. The van der Waals surface area contributed by atoms with Crippen LogP contribution < -0.4 is 10.6 Å². The van der Waals surface area contributed by atoms with Crippen LogP contribution in [0.5, 0.6) is 0 Å². The first-order chi connectivity index (χ1) is 12.5. The average Bonchev–Trinajstić information content (AvgIpc) is 3.13. The zero-order valence-corrected chi connectivity index (χ0v) is 13.9. The van der Waals surface area contributed by atoms with E-state index in [4.69, 9.17) is 0 Å². The van der Waals surface area contributed by atoms with Crippen LogP contribution in [0.25, 0.3) is 0 Å². The summed E-state index contributed by atoms with van der Waals surface area (Å²) in [6.45, 7) is 0.478. The summed E-state index contributed by atoms with van der Waals surface area (Å²) in [6, 6.07) is 13.7. The van der Waals surface area contributed by atoms with Gasteiger partial charge in [-0.15, -0.1) is 0 Å². The predicted molar refractivity (Wildman–Crippen MR) is 96.9 cm³/mol. The molecule has 0 spiro atoms. The Labute approximate surface area is 150 Å². The number of hydrogen-bond donors (Lipinski definition) is 2. The molecule has 0 aromatic heterocycles. The van der Waals surface area contributed by atoms with Gasteiger partial charge >= 0.3 is 6.03 Å². The molecule has 1 saturated heterocycles. The molecule has 0 radical (unpaired) electrons. The van der Waals surface area contributed by atoms with E-state index in [1.165, 1.54) is 29.2 Å². The molecule has 26 heavy (non-hydrogen) atoms. The first kappa shape index (κ1) is 17.4. The van der Waals surface area contributed by atoms with Gasteiger partial charge in [-0.3, -0.25) is 14.9 Å². The van der Waals surface area contributed by atoms with E-state index in [0.29, 0.717) is 24.3 Å². The van der Waals surface area contributed by atoms with Crippen molar-refractivity contribution >= 4 is 29.0 Å². The number of carbonyl (C=O) groups is 2. The Morgan fingerprint density at radius 2 is 1.65 bits per heavy atom. The van der Waals surface area contributed by atoms with Crippen LogP contribution in [0.2, 0.25) is 0 Å². The lowest BCUT2D eigenvalue weighted by atomic mass is 10.2. The van der Waals surface area contributed by atoms with Crippen molar-refractivity contribution in [3.05, 3.63) is 64.7 Å². The molecule has 3 rings (SSSR count). The zero-order valence-electron chi connectivity index (χ0n) is 13.9. The number of nitro benzene ring substituents is 1. The highest BCUT2D eigenvalue weighted by Crippen LogP contribution is 2.22. The van der Waals surface area contributed by atoms with Crippen molar-refractivity contribution < 1.29 is 14.5 Å². The van der Waals surface area contributed by atoms with Crippen LogP contribution in [-0.2, 0) is 4.79 Å². The molecule has 2 aromatic rings. The molecule has 0 bridgehead atoms. The standard InChI is InChI=1S/C18H18N4O4/c23-17(19-13-5-2-1-3-6-13)16-7-4-12-21(16)18(24)20-14-8-10-15(11-9-14)22(25)26/h1-3,5-6,8-11,16H,4,7,12H2,(H,19,23)(H,20,24). The second-order valence-electron chi connectivity index (χ2n) is 5.94. The lowest BCUT2D eigenvalue weighted by molar-refractivity contribution is -0.384. The number of hydrogen-bond acceptors (Lipinski definition) is 4. The SMILES string of the molecule is O=C(Nc1ccccc1)C1CCCN1C(=O)Nc1ccc([N+](=O)[O-])cc1. The second kappa shape index (κ2) is 7.64. The van der Waals surface area contributed by atoms with Crippen LogP contribution in [0.3, 0.4) is 0 Å². The number of nitro groups is 1. The summed E-state index contributed by atoms with van der Waals surface area (Å²) in [7, 11) is 0. The number of anilines is 2. The summed E-state index contributed by atoms with van der Waals surface area (Å²) < 4.78 is 0. The van der Waals surface area contributed by atoms with Crippen LogP contribution in [0, 0.1) is 10.1 Å². The van der Waals surface area contributed by atoms with Gasteiger partial charge in [0.1, 0.15) is 6.04 Å². The highest BCUT2D eigenvalue weighted by molar-refractivity contribution is 5.99. The number of likely N-dealkylation sites (tertiary alicyclic amines) is 1. The molecular weight excluding hydrogens is 336 g/mol. The second-order valence-corrected chi connectivity index (χ2v) is 5.94. The smallest absolute Gasteiger partial charge is 0.322 e. The number of rotatable bonds is 4. The van der Waals surface area contributed by atoms with E-state index < -0.39 is 17.0 Å². The number of carbonyl (C=O) groups excluding carboxylic acids is 2. The Bertz CT molecular complexity index is 808. The minimum Gasteiger partial charge on any atom is -0.324 e. The molecule has 1 heterocycles. The van der Waals surface area contributed by atoms with E-state index in [-0.39, 0.29) is 11.6 Å². The van der Waals surface area contributed by atoms with E-state index in [9.17, 15) is 19.7 Å². The third kappa shape index (κ3) is 3.97. The fourth-order valence-corrected chi connectivity index (χ4v) is 2.89. The summed E-state index contributed by atoms with van der Waals surface area (Å²) in [5.74, 6) is -0.229. The third-order valence-electron chi connectivity index (χ3n) is 4.19. The van der Waals surface area contributed by atoms with Crippen molar-refractivity contribution in [1.29, 1.82) is 0 Å². The maximum Gasteiger partial charge on any atom is 0.322 e. The van der Waals surface area contributed by atoms with E-state index in [0.717, 1.165) is 6.42 Å². The maximum atomic E-state index is 12.5. The Morgan fingerprint density at radius 1 is 1.00 bits per heavy atom. The van der Waals surface area contributed by atoms with Gasteiger partial charge in [-0.25, -0.2) is 4.79 Å². The van der Waals surface area contributed by atoms with Gasteiger partial charge in [0.25, 0.3) is 5.69 Å². The number of para-hydroxylation sites is 1. The van der Waals surface area contributed by atoms with Gasteiger partial charge in [-0.1, -0.05) is 18.2 Å². The van der Waals surface area contributed by atoms with E-state index in [1.54, 1.807) is 12.1 Å². The maximum absolute atomic E-state index is 12.5. The lowest BCUT2D eigenvalue weighted by Gasteiger charge is -2.24. The first-order valence-electron chi connectivity index (χ1n) is 8.22. The van der Waals surface area contributed by atoms with Crippen molar-refractivity contribution in [2.45, 2.75) is 18.9 Å². The molecule has 1 atom stereocenters. The molecule has 8 nitrogen and oxygen atoms in total. The Morgan fingerprint density at radius 3 is 2.31 bits per heavy atom. The van der Waals surface area contributed by atoms with Gasteiger partial charge < -0.3 is 15.5 Å². The normalized spacial score (nSPS) is 16.2. The molecule has 1 aliphatic heterocycles. The van der Waals surface area contributed by atoms with Gasteiger partial charge in [-0.2, -0.15) is 0 Å². The number of amides is 3. The summed E-state index contributed by atoms with van der Waals surface area (Å²) >= 11 is 0. The van der Waals surface area contributed by atoms with Crippen molar-refractivity contribution in [1.82, 2.24) is 4.90 Å². The van der Waals surface area contributed by atoms with Crippen LogP contribution in [0.4, 0.5) is 21.9 Å². The Balaban J connectivity index is 1.64. The molecule has 0 aliphatic carbocycles. The van der Waals surface area contributed by atoms with E-state index in [1.807, 2.05) is 18.2 Å². The number of nitrogens with one attached hydrogen (secondary N) is 2. The lowest BCUT2D eigenvalue weighted by Crippen LogP contribution is -2.45. The fraction of sp³-hybridized carbons (Fsp3) is 0.222. The van der Waals surface area contributed by atoms with Crippen LogP contribution in [0.1, 0.15) is 12.8 Å². The van der Waals surface area contributed by atoms with Crippen LogP contribution >= 0.6 is 0 Å². The minimum atomic E-state index is -0.548. The van der Waals surface area contributed by atoms with Gasteiger partial charge in [0.15, 0.2) is 0 Å². The molecule has 134 valence electrons. The molecule has 3 amide bonds. The molecule has 0 saturated carbocycles. The average molecular weight is 354 g/mol. The van der Waals surface area contributed by atoms with Crippen molar-refractivity contribution in [3.8, 4) is 0 Å². The summed E-state index contributed by atoms with van der Waals surface area (Å²) in [6.07, 6.45) is 1.33. The summed E-state index contributed by atoms with van der Waals surface area (Å²) in [4.78, 5) is 36.7. The van der Waals surface area contributed by atoms with Gasteiger partial charge in [0, 0.05) is 30.1 Å². The van der Waals surface area contributed by atoms with E-state index >= 15 is 0 Å². The highest BCUT2D eigenvalue weighted by Gasteiger charge is 2.34. The van der Waals surface area contributed by atoms with Crippen LogP contribution in [-0.4, -0.2) is 34.3 Å². The van der Waals surface area contributed by atoms with Gasteiger partial charge in [-0.05, 0) is 37.1 Å². The largest absolute Gasteiger partial charge is 0.324 e. The number of urea groups is 1. The topological polar surface area (TPSA) is 105 Å². The number of nitrogens with zero attached hydrogens (tertiary/aromatic N) is 2.